The molecule has 0 spiro atoms. The molecule has 0 aromatic heterocycles. The molecule has 160 valence electrons. The molecule has 0 heterocycles. The Morgan fingerprint density at radius 1 is 1.10 bits per heavy atom. The molecule has 3 heteroatoms. The minimum Gasteiger partial charge on any atom is -0.298 e. The molecule has 1 aliphatic rings. The van der Waals surface area contributed by atoms with Crippen molar-refractivity contribution in [3.05, 3.63) is 71.5 Å². The first kappa shape index (κ1) is 22.5. The summed E-state index contributed by atoms with van der Waals surface area (Å²) in [5.41, 5.74) is 1.26. The Bertz CT molecular complexity index is 837. The van der Waals surface area contributed by atoms with E-state index in [0.29, 0.717) is 17.6 Å². The zero-order valence-electron chi connectivity index (χ0n) is 18.7. The Kier molecular flexibility index (Phi) is 7.67. The van der Waals surface area contributed by atoms with Crippen LogP contribution in [0.3, 0.4) is 0 Å². The van der Waals surface area contributed by atoms with E-state index in [1.807, 2.05) is 12.1 Å². The summed E-state index contributed by atoms with van der Waals surface area (Å²) in [6.45, 7) is 7.74. The van der Waals surface area contributed by atoms with Gasteiger partial charge in [0.05, 0.1) is 11.5 Å². The van der Waals surface area contributed by atoms with Crippen LogP contribution in [0.1, 0.15) is 64.0 Å². The lowest BCUT2D eigenvalue weighted by atomic mass is 9.72. The Morgan fingerprint density at radius 3 is 2.33 bits per heavy atom. The molecule has 0 radical (unpaired) electrons. The highest BCUT2D eigenvalue weighted by Crippen LogP contribution is 2.50. The summed E-state index contributed by atoms with van der Waals surface area (Å²) in [6, 6.07) is 20.9. The van der Waals surface area contributed by atoms with Crippen molar-refractivity contribution < 1.29 is 4.39 Å². The van der Waals surface area contributed by atoms with E-state index in [0.717, 1.165) is 45.1 Å². The Hall–Kier alpha value is -2.18. The van der Waals surface area contributed by atoms with Crippen LogP contribution in [-0.2, 0) is 11.8 Å². The number of nitrogens with zero attached hydrogens (tertiary/aromatic N) is 2. The van der Waals surface area contributed by atoms with Gasteiger partial charge < -0.3 is 0 Å². The molecule has 0 aliphatic heterocycles. The average molecular weight is 407 g/mol. The normalized spacial score (nSPS) is 17.0. The third kappa shape index (κ3) is 5.10. The first-order valence-electron chi connectivity index (χ1n) is 11.5. The summed E-state index contributed by atoms with van der Waals surface area (Å²) in [4.78, 5) is 2.57. The topological polar surface area (TPSA) is 27.0 Å². The van der Waals surface area contributed by atoms with Crippen LogP contribution in [0.5, 0.6) is 0 Å². The van der Waals surface area contributed by atoms with Gasteiger partial charge in [0, 0.05) is 24.2 Å². The van der Waals surface area contributed by atoms with Gasteiger partial charge in [0.25, 0.3) is 0 Å². The largest absolute Gasteiger partial charge is 0.298 e. The zero-order valence-corrected chi connectivity index (χ0v) is 18.7. The molecule has 0 bridgehead atoms. The van der Waals surface area contributed by atoms with Crippen LogP contribution in [0.15, 0.2) is 54.6 Å². The third-order valence-electron chi connectivity index (χ3n) is 6.81. The highest BCUT2D eigenvalue weighted by atomic mass is 19.1. The minimum absolute atomic E-state index is 0.233. The maximum Gasteiger partial charge on any atom is 0.128 e. The number of benzene rings is 2. The second-order valence-electron chi connectivity index (χ2n) is 9.01. The summed E-state index contributed by atoms with van der Waals surface area (Å²) in [7, 11) is 0. The van der Waals surface area contributed by atoms with E-state index < -0.39 is 5.41 Å². The Morgan fingerprint density at radius 2 is 1.77 bits per heavy atom. The van der Waals surface area contributed by atoms with Gasteiger partial charge in [-0.25, -0.2) is 4.39 Å². The van der Waals surface area contributed by atoms with Crippen molar-refractivity contribution in [2.75, 3.05) is 6.54 Å². The van der Waals surface area contributed by atoms with Crippen molar-refractivity contribution in [2.45, 2.75) is 76.8 Å². The van der Waals surface area contributed by atoms with E-state index in [4.69, 9.17) is 0 Å². The second kappa shape index (κ2) is 10.2. The molecular weight excluding hydrogens is 371 g/mol. The molecule has 1 aliphatic carbocycles. The summed E-state index contributed by atoms with van der Waals surface area (Å²) in [5, 5.41) is 10.2. The molecule has 1 fully saturated rings. The standard InChI is InChI=1S/C27H35FN2/c1-4-24(30(21(2)3)19-17-22-10-6-5-7-11-22)16-18-27(20-29,23-14-15-23)25-12-8-9-13-26(25)28/h5-13,21,23-24H,4,14-19H2,1-3H3. The van der Waals surface area contributed by atoms with Crippen LogP contribution in [0.4, 0.5) is 4.39 Å². The van der Waals surface area contributed by atoms with Crippen molar-refractivity contribution in [2.24, 2.45) is 5.92 Å². The van der Waals surface area contributed by atoms with Gasteiger partial charge in [-0.1, -0.05) is 55.5 Å². The minimum atomic E-state index is -0.694. The van der Waals surface area contributed by atoms with Crippen LogP contribution in [0.25, 0.3) is 0 Å². The number of hydrogen-bond acceptors (Lipinski definition) is 2. The van der Waals surface area contributed by atoms with Gasteiger partial charge in [0.15, 0.2) is 0 Å². The maximum atomic E-state index is 14.7. The molecule has 2 aromatic carbocycles. The fourth-order valence-electron chi connectivity index (χ4n) is 4.93. The van der Waals surface area contributed by atoms with Gasteiger partial charge in [-0.05, 0) is 69.9 Å². The average Bonchev–Trinajstić information content (AvgIpc) is 3.60. The summed E-state index contributed by atoms with van der Waals surface area (Å²) >= 11 is 0. The Balaban J connectivity index is 1.75. The predicted octanol–water partition coefficient (Wildman–Crippen LogP) is 6.51. The highest BCUT2D eigenvalue weighted by Gasteiger charge is 2.48. The predicted molar refractivity (Wildman–Crippen MR) is 122 cm³/mol. The molecule has 30 heavy (non-hydrogen) atoms. The lowest BCUT2D eigenvalue weighted by Crippen LogP contribution is -2.42. The fraction of sp³-hybridized carbons (Fsp3) is 0.519. The van der Waals surface area contributed by atoms with E-state index in [-0.39, 0.29) is 11.7 Å². The van der Waals surface area contributed by atoms with Crippen LogP contribution >= 0.6 is 0 Å². The second-order valence-corrected chi connectivity index (χ2v) is 9.01. The van der Waals surface area contributed by atoms with Crippen molar-refractivity contribution in [3.63, 3.8) is 0 Å². The van der Waals surface area contributed by atoms with Crippen molar-refractivity contribution in [3.8, 4) is 6.07 Å². The van der Waals surface area contributed by atoms with E-state index in [9.17, 15) is 9.65 Å². The molecule has 0 amide bonds. The van der Waals surface area contributed by atoms with Gasteiger partial charge in [-0.3, -0.25) is 4.90 Å². The smallest absolute Gasteiger partial charge is 0.128 e. The van der Waals surface area contributed by atoms with Gasteiger partial charge in [-0.2, -0.15) is 5.26 Å². The van der Waals surface area contributed by atoms with Crippen LogP contribution in [0.2, 0.25) is 0 Å². The first-order chi connectivity index (χ1) is 14.5. The monoisotopic (exact) mass is 406 g/mol. The highest BCUT2D eigenvalue weighted by molar-refractivity contribution is 5.36. The zero-order chi connectivity index (χ0) is 21.6. The third-order valence-corrected chi connectivity index (χ3v) is 6.81. The van der Waals surface area contributed by atoms with Crippen LogP contribution in [0, 0.1) is 23.1 Å². The maximum absolute atomic E-state index is 14.7. The Labute approximate surface area is 181 Å². The first-order valence-corrected chi connectivity index (χ1v) is 11.5. The van der Waals surface area contributed by atoms with E-state index in [2.05, 4.69) is 62.1 Å². The van der Waals surface area contributed by atoms with Gasteiger partial charge in [-0.15, -0.1) is 0 Å². The molecule has 2 unspecified atom stereocenters. The summed E-state index contributed by atoms with van der Waals surface area (Å²) < 4.78 is 14.7. The van der Waals surface area contributed by atoms with E-state index in [1.54, 1.807) is 6.07 Å². The van der Waals surface area contributed by atoms with Crippen molar-refractivity contribution in [1.82, 2.24) is 4.90 Å². The van der Waals surface area contributed by atoms with Gasteiger partial charge in [0.2, 0.25) is 0 Å². The SMILES string of the molecule is CCC(CCC(C#N)(c1ccccc1F)C1CC1)N(CCc1ccccc1)C(C)C. The fourth-order valence-corrected chi connectivity index (χ4v) is 4.93. The van der Waals surface area contributed by atoms with E-state index in [1.165, 1.54) is 11.6 Å². The van der Waals surface area contributed by atoms with Gasteiger partial charge in [0.1, 0.15) is 5.82 Å². The molecule has 3 rings (SSSR count). The van der Waals surface area contributed by atoms with E-state index >= 15 is 0 Å². The van der Waals surface area contributed by atoms with Crippen LogP contribution < -0.4 is 0 Å². The lowest BCUT2D eigenvalue weighted by Gasteiger charge is -2.37. The van der Waals surface area contributed by atoms with Crippen molar-refractivity contribution >= 4 is 0 Å². The lowest BCUT2D eigenvalue weighted by molar-refractivity contribution is 0.134. The summed E-state index contributed by atoms with van der Waals surface area (Å²) in [5.74, 6) is 0.0533. The molecule has 2 atom stereocenters. The number of rotatable bonds is 11. The van der Waals surface area contributed by atoms with Crippen LogP contribution in [-0.4, -0.2) is 23.5 Å². The molecule has 2 nitrogen and oxygen atoms in total. The molecule has 1 saturated carbocycles. The number of halogens is 1. The van der Waals surface area contributed by atoms with Crippen molar-refractivity contribution in [1.29, 1.82) is 5.26 Å². The number of nitriles is 1. The number of hydrogen-bond donors (Lipinski definition) is 0. The van der Waals surface area contributed by atoms with Gasteiger partial charge >= 0.3 is 0 Å². The quantitative estimate of drug-likeness (QED) is 0.425. The summed E-state index contributed by atoms with van der Waals surface area (Å²) in [6.07, 6.45) is 5.76. The molecule has 2 aromatic rings. The molecule has 0 saturated heterocycles. The molecular formula is C27H35FN2. The molecule has 0 N–H and O–H groups in total.